The van der Waals surface area contributed by atoms with Gasteiger partial charge in [0.2, 0.25) is 0 Å². The summed E-state index contributed by atoms with van der Waals surface area (Å²) < 4.78 is 1.97. The molecule has 0 aliphatic rings. The fraction of sp³-hybridized carbons (Fsp3) is 0.125. The Hall–Kier alpha value is -1.22. The van der Waals surface area contributed by atoms with Gasteiger partial charge in [-0.25, -0.2) is 4.98 Å². The molecule has 2 aromatic rings. The van der Waals surface area contributed by atoms with E-state index in [4.69, 9.17) is 5.73 Å². The maximum Gasteiger partial charge on any atom is 0.0955 e. The lowest BCUT2D eigenvalue weighted by Gasteiger charge is -1.94. The molecule has 0 aliphatic heterocycles. The molecule has 64 valence electrons. The molecule has 1 heterocycles. The van der Waals surface area contributed by atoms with E-state index in [1.807, 2.05) is 29.8 Å². The molecule has 4 heteroatoms. The maximum absolute atomic E-state index is 5.58. The van der Waals surface area contributed by atoms with Gasteiger partial charge in [0.05, 0.1) is 17.4 Å². The number of hydrogen-bond donors (Lipinski definition) is 1. The van der Waals surface area contributed by atoms with Gasteiger partial charge in [-0.2, -0.15) is 0 Å². The molecule has 1 aromatic carbocycles. The third-order valence-electron chi connectivity index (χ3n) is 1.75. The zero-order chi connectivity index (χ0) is 7.84. The van der Waals surface area contributed by atoms with Crippen molar-refractivity contribution in [2.45, 2.75) is 0 Å². The smallest absolute Gasteiger partial charge is 0.0955 e. The monoisotopic (exact) mass is 183 g/mol. The van der Waals surface area contributed by atoms with E-state index < -0.39 is 0 Å². The summed E-state index contributed by atoms with van der Waals surface area (Å²) in [6, 6.07) is 5.72. The first-order valence-electron chi connectivity index (χ1n) is 3.44. The van der Waals surface area contributed by atoms with Crippen LogP contribution in [-0.4, -0.2) is 9.55 Å². The predicted octanol–water partition coefficient (Wildman–Crippen LogP) is 1.58. The minimum atomic E-state index is 0. The highest BCUT2D eigenvalue weighted by molar-refractivity contribution is 5.85. The molecule has 0 bridgehead atoms. The number of aryl methyl sites for hydroxylation is 1. The van der Waals surface area contributed by atoms with E-state index in [1.165, 1.54) is 0 Å². The number of nitrogen functional groups attached to an aromatic ring is 1. The summed E-state index contributed by atoms with van der Waals surface area (Å²) in [4.78, 5) is 4.16. The number of anilines is 1. The Bertz CT molecular complexity index is 394. The molecule has 0 aliphatic carbocycles. The zero-order valence-electron chi connectivity index (χ0n) is 6.69. The van der Waals surface area contributed by atoms with Crippen LogP contribution in [0.3, 0.4) is 0 Å². The second-order valence-electron chi connectivity index (χ2n) is 2.60. The van der Waals surface area contributed by atoms with Crippen LogP contribution in [0, 0.1) is 0 Å². The molecule has 0 fully saturated rings. The molecule has 0 saturated carbocycles. The molecular weight excluding hydrogens is 174 g/mol. The van der Waals surface area contributed by atoms with Crippen molar-refractivity contribution in [3.05, 3.63) is 24.5 Å². The number of fused-ring (bicyclic) bond motifs is 1. The molecule has 0 atom stereocenters. The fourth-order valence-corrected chi connectivity index (χ4v) is 1.15. The van der Waals surface area contributed by atoms with Crippen LogP contribution in [-0.2, 0) is 7.05 Å². The van der Waals surface area contributed by atoms with Gasteiger partial charge in [0.15, 0.2) is 0 Å². The summed E-state index contributed by atoms with van der Waals surface area (Å²) in [7, 11) is 1.96. The van der Waals surface area contributed by atoms with Crippen molar-refractivity contribution < 1.29 is 0 Å². The lowest BCUT2D eigenvalue weighted by atomic mass is 10.3. The van der Waals surface area contributed by atoms with Crippen LogP contribution in [0.25, 0.3) is 11.0 Å². The summed E-state index contributed by atoms with van der Waals surface area (Å²) in [6.45, 7) is 0. The number of imidazole rings is 1. The quantitative estimate of drug-likeness (QED) is 0.631. The maximum atomic E-state index is 5.58. The second kappa shape index (κ2) is 3.03. The summed E-state index contributed by atoms with van der Waals surface area (Å²) in [5.74, 6) is 0. The van der Waals surface area contributed by atoms with Gasteiger partial charge in [-0.1, -0.05) is 0 Å². The summed E-state index contributed by atoms with van der Waals surface area (Å²) in [6.07, 6.45) is 1.78. The van der Waals surface area contributed by atoms with Crippen LogP contribution in [0.1, 0.15) is 0 Å². The van der Waals surface area contributed by atoms with E-state index >= 15 is 0 Å². The lowest BCUT2D eigenvalue weighted by molar-refractivity contribution is 0.948. The van der Waals surface area contributed by atoms with Crippen molar-refractivity contribution in [3.8, 4) is 0 Å². The average molecular weight is 184 g/mol. The topological polar surface area (TPSA) is 43.8 Å². The van der Waals surface area contributed by atoms with Crippen LogP contribution >= 0.6 is 12.4 Å². The Morgan fingerprint density at radius 2 is 2.17 bits per heavy atom. The van der Waals surface area contributed by atoms with Crippen molar-refractivity contribution >= 4 is 29.1 Å². The SMILES string of the molecule is Cl.Cn1cnc2cc(N)ccc21. The molecule has 0 unspecified atom stereocenters. The Morgan fingerprint density at radius 3 is 2.92 bits per heavy atom. The van der Waals surface area contributed by atoms with Crippen molar-refractivity contribution in [1.29, 1.82) is 0 Å². The van der Waals surface area contributed by atoms with Crippen molar-refractivity contribution in [2.75, 3.05) is 5.73 Å². The Morgan fingerprint density at radius 1 is 1.42 bits per heavy atom. The highest BCUT2D eigenvalue weighted by Gasteiger charge is 1.97. The molecule has 0 amide bonds. The standard InChI is InChI=1S/C8H9N3.ClH/c1-11-5-10-7-4-6(9)2-3-8(7)11;/h2-5H,9H2,1H3;1H. The molecule has 12 heavy (non-hydrogen) atoms. The van der Waals surface area contributed by atoms with E-state index in [2.05, 4.69) is 4.98 Å². The van der Waals surface area contributed by atoms with Crippen molar-refractivity contribution in [1.82, 2.24) is 9.55 Å². The molecule has 0 radical (unpaired) electrons. The number of benzene rings is 1. The normalized spacial score (nSPS) is 9.75. The van der Waals surface area contributed by atoms with E-state index in [-0.39, 0.29) is 12.4 Å². The summed E-state index contributed by atoms with van der Waals surface area (Å²) in [5.41, 5.74) is 8.41. The average Bonchev–Trinajstić information content (AvgIpc) is 2.32. The second-order valence-corrected chi connectivity index (χ2v) is 2.60. The van der Waals surface area contributed by atoms with Gasteiger partial charge in [0, 0.05) is 12.7 Å². The molecule has 0 spiro atoms. The zero-order valence-corrected chi connectivity index (χ0v) is 7.51. The fourth-order valence-electron chi connectivity index (χ4n) is 1.15. The number of aromatic nitrogens is 2. The Labute approximate surface area is 76.6 Å². The number of halogens is 1. The summed E-state index contributed by atoms with van der Waals surface area (Å²) in [5, 5.41) is 0. The van der Waals surface area contributed by atoms with Gasteiger partial charge in [-0.15, -0.1) is 12.4 Å². The Kier molecular flexibility index (Phi) is 2.24. The van der Waals surface area contributed by atoms with Gasteiger partial charge in [-0.3, -0.25) is 0 Å². The van der Waals surface area contributed by atoms with Crippen molar-refractivity contribution in [2.24, 2.45) is 7.05 Å². The van der Waals surface area contributed by atoms with E-state index in [0.717, 1.165) is 16.7 Å². The Balaban J connectivity index is 0.000000720. The number of hydrogen-bond acceptors (Lipinski definition) is 2. The molecule has 3 nitrogen and oxygen atoms in total. The van der Waals surface area contributed by atoms with Gasteiger partial charge in [-0.05, 0) is 18.2 Å². The van der Waals surface area contributed by atoms with Gasteiger partial charge >= 0.3 is 0 Å². The number of rotatable bonds is 0. The summed E-state index contributed by atoms with van der Waals surface area (Å²) >= 11 is 0. The number of nitrogens with two attached hydrogens (primary N) is 1. The first-order valence-corrected chi connectivity index (χ1v) is 3.44. The molecule has 2 N–H and O–H groups in total. The van der Waals surface area contributed by atoms with Crippen LogP contribution in [0.2, 0.25) is 0 Å². The minimum absolute atomic E-state index is 0. The first kappa shape index (κ1) is 8.87. The van der Waals surface area contributed by atoms with E-state index in [1.54, 1.807) is 6.33 Å². The molecule has 2 rings (SSSR count). The lowest BCUT2D eigenvalue weighted by Crippen LogP contribution is -1.85. The van der Waals surface area contributed by atoms with E-state index in [9.17, 15) is 0 Å². The first-order chi connectivity index (χ1) is 5.27. The van der Waals surface area contributed by atoms with Gasteiger partial charge in [0.25, 0.3) is 0 Å². The molecule has 1 aromatic heterocycles. The van der Waals surface area contributed by atoms with Crippen molar-refractivity contribution in [3.63, 3.8) is 0 Å². The van der Waals surface area contributed by atoms with Gasteiger partial charge in [0.1, 0.15) is 0 Å². The molecular formula is C8H10ClN3. The highest BCUT2D eigenvalue weighted by Crippen LogP contribution is 2.14. The molecule has 0 saturated heterocycles. The van der Waals surface area contributed by atoms with Crippen LogP contribution in [0.5, 0.6) is 0 Å². The van der Waals surface area contributed by atoms with Crippen LogP contribution in [0.4, 0.5) is 5.69 Å². The van der Waals surface area contributed by atoms with Gasteiger partial charge < -0.3 is 10.3 Å². The largest absolute Gasteiger partial charge is 0.399 e. The predicted molar refractivity (Wildman–Crippen MR) is 52.4 cm³/mol. The third-order valence-corrected chi connectivity index (χ3v) is 1.75. The van der Waals surface area contributed by atoms with Crippen LogP contribution < -0.4 is 5.73 Å². The highest BCUT2D eigenvalue weighted by atomic mass is 35.5. The van der Waals surface area contributed by atoms with Crippen LogP contribution in [0.15, 0.2) is 24.5 Å². The number of nitrogens with zero attached hydrogens (tertiary/aromatic N) is 2. The minimum Gasteiger partial charge on any atom is -0.399 e. The third kappa shape index (κ3) is 1.23. The van der Waals surface area contributed by atoms with E-state index in [0.29, 0.717) is 0 Å².